The van der Waals surface area contributed by atoms with E-state index < -0.39 is 30.1 Å². The zero-order valence-corrected chi connectivity index (χ0v) is 14.0. The molecule has 0 aromatic heterocycles. The molecule has 2 aromatic carbocycles. The van der Waals surface area contributed by atoms with Crippen molar-refractivity contribution in [3.8, 4) is 5.75 Å². The zero-order valence-electron chi connectivity index (χ0n) is 14.0. The SMILES string of the molecule is CCOc1ccccc1/C=C/C(=O)OCC(=O)Nc1ccc(F)cc1F. The fourth-order valence-corrected chi connectivity index (χ4v) is 2.02. The number of hydrogen-bond donors (Lipinski definition) is 1. The van der Waals surface area contributed by atoms with E-state index in [1.807, 2.05) is 6.92 Å². The molecule has 136 valence electrons. The lowest BCUT2D eigenvalue weighted by Crippen LogP contribution is -2.20. The zero-order chi connectivity index (χ0) is 18.9. The van der Waals surface area contributed by atoms with Crippen LogP contribution in [0.2, 0.25) is 0 Å². The average molecular weight is 361 g/mol. The van der Waals surface area contributed by atoms with Gasteiger partial charge in [0.2, 0.25) is 0 Å². The number of anilines is 1. The number of rotatable bonds is 7. The van der Waals surface area contributed by atoms with E-state index >= 15 is 0 Å². The van der Waals surface area contributed by atoms with Crippen molar-refractivity contribution in [3.63, 3.8) is 0 Å². The van der Waals surface area contributed by atoms with Crippen LogP contribution in [0.1, 0.15) is 12.5 Å². The van der Waals surface area contributed by atoms with Gasteiger partial charge >= 0.3 is 5.97 Å². The van der Waals surface area contributed by atoms with Crippen LogP contribution < -0.4 is 10.1 Å². The number of hydrogen-bond acceptors (Lipinski definition) is 4. The van der Waals surface area contributed by atoms with Gasteiger partial charge in [-0.1, -0.05) is 18.2 Å². The number of benzene rings is 2. The minimum absolute atomic E-state index is 0.200. The van der Waals surface area contributed by atoms with E-state index in [1.54, 1.807) is 24.3 Å². The Morgan fingerprint density at radius 3 is 2.65 bits per heavy atom. The molecule has 0 aliphatic rings. The highest BCUT2D eigenvalue weighted by molar-refractivity contribution is 5.94. The van der Waals surface area contributed by atoms with Crippen LogP contribution in [0.25, 0.3) is 6.08 Å². The van der Waals surface area contributed by atoms with Crippen LogP contribution in [0.15, 0.2) is 48.5 Å². The quantitative estimate of drug-likeness (QED) is 0.605. The Morgan fingerprint density at radius 2 is 1.92 bits per heavy atom. The van der Waals surface area contributed by atoms with Gasteiger partial charge in [-0.2, -0.15) is 0 Å². The average Bonchev–Trinajstić information content (AvgIpc) is 2.62. The number of ether oxygens (including phenoxy) is 2. The number of carbonyl (C=O) groups is 2. The van der Waals surface area contributed by atoms with Crippen molar-refractivity contribution in [3.05, 3.63) is 65.7 Å². The molecule has 0 radical (unpaired) electrons. The number of amides is 1. The predicted molar refractivity (Wildman–Crippen MR) is 92.6 cm³/mol. The molecule has 1 N–H and O–H groups in total. The van der Waals surface area contributed by atoms with Crippen molar-refractivity contribution < 1.29 is 27.8 Å². The fraction of sp³-hybridized carbons (Fsp3) is 0.158. The second-order valence-corrected chi connectivity index (χ2v) is 5.08. The molecule has 0 heterocycles. The summed E-state index contributed by atoms with van der Waals surface area (Å²) in [5, 5.41) is 2.19. The van der Waals surface area contributed by atoms with Crippen molar-refractivity contribution >= 4 is 23.6 Å². The van der Waals surface area contributed by atoms with Gasteiger partial charge in [0.25, 0.3) is 5.91 Å². The first kappa shape index (κ1) is 19.1. The molecule has 0 spiro atoms. The maximum absolute atomic E-state index is 13.4. The number of nitrogens with one attached hydrogen (secondary N) is 1. The maximum Gasteiger partial charge on any atom is 0.331 e. The Morgan fingerprint density at radius 1 is 1.15 bits per heavy atom. The van der Waals surface area contributed by atoms with Crippen LogP contribution in [-0.2, 0) is 14.3 Å². The second kappa shape index (κ2) is 9.31. The van der Waals surface area contributed by atoms with Gasteiger partial charge in [0.15, 0.2) is 6.61 Å². The molecule has 0 saturated carbocycles. The van der Waals surface area contributed by atoms with Crippen LogP contribution >= 0.6 is 0 Å². The lowest BCUT2D eigenvalue weighted by molar-refractivity contribution is -0.142. The lowest BCUT2D eigenvalue weighted by Gasteiger charge is -2.07. The summed E-state index contributed by atoms with van der Waals surface area (Å²) in [5.74, 6) is -2.55. The Bertz CT molecular complexity index is 821. The van der Waals surface area contributed by atoms with E-state index in [1.165, 1.54) is 6.08 Å². The number of carbonyl (C=O) groups excluding carboxylic acids is 2. The first-order valence-corrected chi connectivity index (χ1v) is 7.81. The van der Waals surface area contributed by atoms with E-state index in [0.717, 1.165) is 18.2 Å². The van der Waals surface area contributed by atoms with Crippen molar-refractivity contribution in [1.82, 2.24) is 0 Å². The maximum atomic E-state index is 13.4. The largest absolute Gasteiger partial charge is 0.493 e. The fourth-order valence-electron chi connectivity index (χ4n) is 2.02. The summed E-state index contributed by atoms with van der Waals surface area (Å²) in [5.41, 5.74) is 0.484. The van der Waals surface area contributed by atoms with E-state index in [-0.39, 0.29) is 5.69 Å². The highest BCUT2D eigenvalue weighted by Gasteiger charge is 2.10. The molecule has 5 nitrogen and oxygen atoms in total. The summed E-state index contributed by atoms with van der Waals surface area (Å²) < 4.78 is 36.4. The monoisotopic (exact) mass is 361 g/mol. The Labute approximate surface area is 149 Å². The molecule has 2 aromatic rings. The van der Waals surface area contributed by atoms with Gasteiger partial charge in [-0.25, -0.2) is 13.6 Å². The van der Waals surface area contributed by atoms with Gasteiger partial charge in [-0.05, 0) is 31.2 Å². The highest BCUT2D eigenvalue weighted by Crippen LogP contribution is 2.19. The number of halogens is 2. The molecule has 0 fully saturated rings. The lowest BCUT2D eigenvalue weighted by atomic mass is 10.2. The van der Waals surface area contributed by atoms with E-state index in [0.29, 0.717) is 24.0 Å². The standard InChI is InChI=1S/C19H17F2NO4/c1-2-25-17-6-4-3-5-13(17)7-10-19(24)26-12-18(23)22-16-9-8-14(20)11-15(16)21/h3-11H,2,12H2,1H3,(H,22,23)/b10-7+. The third-order valence-corrected chi connectivity index (χ3v) is 3.17. The first-order chi connectivity index (χ1) is 12.5. The van der Waals surface area contributed by atoms with Gasteiger partial charge in [-0.3, -0.25) is 4.79 Å². The molecule has 0 aliphatic heterocycles. The summed E-state index contributed by atoms with van der Waals surface area (Å²) in [6.45, 7) is 1.72. The van der Waals surface area contributed by atoms with Gasteiger partial charge in [-0.15, -0.1) is 0 Å². The van der Waals surface area contributed by atoms with Crippen molar-refractivity contribution in [2.75, 3.05) is 18.5 Å². The second-order valence-electron chi connectivity index (χ2n) is 5.08. The summed E-state index contributed by atoms with van der Waals surface area (Å²) in [7, 11) is 0. The molecular formula is C19H17F2NO4. The van der Waals surface area contributed by atoms with Crippen LogP contribution in [0, 0.1) is 11.6 Å². The molecule has 0 bridgehead atoms. The molecule has 0 aliphatic carbocycles. The molecule has 7 heteroatoms. The highest BCUT2D eigenvalue weighted by atomic mass is 19.1. The van der Waals surface area contributed by atoms with E-state index in [4.69, 9.17) is 9.47 Å². The van der Waals surface area contributed by atoms with Crippen LogP contribution in [-0.4, -0.2) is 25.1 Å². The normalized spacial score (nSPS) is 10.6. The Hall–Kier alpha value is -3.22. The third kappa shape index (κ3) is 5.70. The van der Waals surface area contributed by atoms with Crippen molar-refractivity contribution in [2.24, 2.45) is 0 Å². The third-order valence-electron chi connectivity index (χ3n) is 3.17. The molecule has 0 unspecified atom stereocenters. The molecule has 1 amide bonds. The summed E-state index contributed by atoms with van der Waals surface area (Å²) in [6, 6.07) is 9.84. The van der Waals surface area contributed by atoms with E-state index in [9.17, 15) is 18.4 Å². The molecule has 26 heavy (non-hydrogen) atoms. The summed E-state index contributed by atoms with van der Waals surface area (Å²) in [6.07, 6.45) is 2.66. The van der Waals surface area contributed by atoms with E-state index in [2.05, 4.69) is 5.32 Å². The van der Waals surface area contributed by atoms with Crippen LogP contribution in [0.3, 0.4) is 0 Å². The summed E-state index contributed by atoms with van der Waals surface area (Å²) in [4.78, 5) is 23.4. The molecular weight excluding hydrogens is 344 g/mol. The Kier molecular flexibility index (Phi) is 6.84. The molecule has 0 saturated heterocycles. The van der Waals surface area contributed by atoms with Crippen LogP contribution in [0.4, 0.5) is 14.5 Å². The van der Waals surface area contributed by atoms with Gasteiger partial charge < -0.3 is 14.8 Å². The topological polar surface area (TPSA) is 64.6 Å². The number of esters is 1. The molecule has 2 rings (SSSR count). The van der Waals surface area contributed by atoms with Crippen LogP contribution in [0.5, 0.6) is 5.75 Å². The summed E-state index contributed by atoms with van der Waals surface area (Å²) >= 11 is 0. The smallest absolute Gasteiger partial charge is 0.331 e. The van der Waals surface area contributed by atoms with Crippen molar-refractivity contribution in [1.29, 1.82) is 0 Å². The van der Waals surface area contributed by atoms with Gasteiger partial charge in [0, 0.05) is 17.7 Å². The first-order valence-electron chi connectivity index (χ1n) is 7.81. The minimum atomic E-state index is -0.919. The Balaban J connectivity index is 1.87. The molecule has 0 atom stereocenters. The van der Waals surface area contributed by atoms with Crippen molar-refractivity contribution in [2.45, 2.75) is 6.92 Å². The number of para-hydroxylation sites is 1. The van der Waals surface area contributed by atoms with Gasteiger partial charge in [0.05, 0.1) is 12.3 Å². The minimum Gasteiger partial charge on any atom is -0.493 e. The predicted octanol–water partition coefficient (Wildman–Crippen LogP) is 3.56. The van der Waals surface area contributed by atoms with Gasteiger partial charge in [0.1, 0.15) is 17.4 Å².